The number of rotatable bonds is 3. The van der Waals surface area contributed by atoms with Crippen molar-refractivity contribution in [3.8, 4) is 0 Å². The smallest absolute Gasteiger partial charge is 0.243 e. The number of aromatic nitrogens is 3. The summed E-state index contributed by atoms with van der Waals surface area (Å²) in [7, 11) is 0. The summed E-state index contributed by atoms with van der Waals surface area (Å²) in [5.74, 6) is 1.96. The SMILES string of the molecule is Clc1ccc2nc(NCC3CCCS3)nn2c1. The first-order valence-corrected chi connectivity index (χ1v) is 7.11. The summed E-state index contributed by atoms with van der Waals surface area (Å²) < 4.78 is 1.70. The summed E-state index contributed by atoms with van der Waals surface area (Å²) in [5, 5.41) is 8.99. The van der Waals surface area contributed by atoms with Crippen molar-refractivity contribution >= 4 is 35.0 Å². The fourth-order valence-corrected chi connectivity index (χ4v) is 3.30. The Balaban J connectivity index is 1.72. The number of thioether (sulfide) groups is 1. The van der Waals surface area contributed by atoms with Crippen LogP contribution in [0, 0.1) is 0 Å². The molecule has 0 amide bonds. The Hall–Kier alpha value is -0.940. The first-order chi connectivity index (χ1) is 8.31. The van der Waals surface area contributed by atoms with E-state index in [2.05, 4.69) is 15.4 Å². The summed E-state index contributed by atoms with van der Waals surface area (Å²) in [4.78, 5) is 4.39. The van der Waals surface area contributed by atoms with Crippen LogP contribution in [0.25, 0.3) is 5.65 Å². The fourth-order valence-electron chi connectivity index (χ4n) is 1.94. The van der Waals surface area contributed by atoms with E-state index >= 15 is 0 Å². The highest BCUT2D eigenvalue weighted by Gasteiger charge is 2.15. The highest BCUT2D eigenvalue weighted by Crippen LogP contribution is 2.26. The van der Waals surface area contributed by atoms with Crippen molar-refractivity contribution in [3.05, 3.63) is 23.4 Å². The minimum atomic E-state index is 0.667. The first-order valence-electron chi connectivity index (χ1n) is 5.69. The molecule has 1 aliphatic heterocycles. The van der Waals surface area contributed by atoms with Gasteiger partial charge in [0.15, 0.2) is 5.65 Å². The monoisotopic (exact) mass is 268 g/mol. The van der Waals surface area contributed by atoms with Gasteiger partial charge >= 0.3 is 0 Å². The van der Waals surface area contributed by atoms with E-state index in [9.17, 15) is 0 Å². The second-order valence-corrected chi connectivity index (χ2v) is 5.95. The zero-order valence-electron chi connectivity index (χ0n) is 9.27. The molecule has 0 bridgehead atoms. The van der Waals surface area contributed by atoms with E-state index in [0.717, 1.165) is 12.2 Å². The van der Waals surface area contributed by atoms with Gasteiger partial charge in [0.2, 0.25) is 5.95 Å². The van der Waals surface area contributed by atoms with Gasteiger partial charge in [-0.3, -0.25) is 0 Å². The molecule has 0 saturated carbocycles. The summed E-state index contributed by atoms with van der Waals surface area (Å²) in [6.45, 7) is 0.940. The predicted molar refractivity (Wildman–Crippen MR) is 72.0 cm³/mol. The van der Waals surface area contributed by atoms with E-state index in [-0.39, 0.29) is 0 Å². The Morgan fingerprint density at radius 2 is 2.47 bits per heavy atom. The lowest BCUT2D eigenvalue weighted by Gasteiger charge is -2.07. The number of fused-ring (bicyclic) bond motifs is 1. The Kier molecular flexibility index (Phi) is 3.11. The number of nitrogens with zero attached hydrogens (tertiary/aromatic N) is 3. The molecule has 90 valence electrons. The van der Waals surface area contributed by atoms with Crippen LogP contribution >= 0.6 is 23.4 Å². The van der Waals surface area contributed by atoms with E-state index in [1.165, 1.54) is 18.6 Å². The number of hydrogen-bond donors (Lipinski definition) is 1. The van der Waals surface area contributed by atoms with Gasteiger partial charge in [0.05, 0.1) is 5.02 Å². The Morgan fingerprint density at radius 3 is 3.29 bits per heavy atom. The third-order valence-electron chi connectivity index (χ3n) is 2.81. The minimum Gasteiger partial charge on any atom is -0.352 e. The lowest BCUT2D eigenvalue weighted by atomic mass is 10.2. The molecule has 4 nitrogen and oxygen atoms in total. The molecule has 1 unspecified atom stereocenters. The largest absolute Gasteiger partial charge is 0.352 e. The molecule has 0 radical (unpaired) electrons. The van der Waals surface area contributed by atoms with Crippen LogP contribution in [0.2, 0.25) is 5.02 Å². The topological polar surface area (TPSA) is 42.2 Å². The Morgan fingerprint density at radius 1 is 1.53 bits per heavy atom. The molecule has 1 aliphatic rings. The zero-order valence-corrected chi connectivity index (χ0v) is 10.8. The van der Waals surface area contributed by atoms with Crippen molar-refractivity contribution in [1.82, 2.24) is 14.6 Å². The molecule has 6 heteroatoms. The molecule has 0 spiro atoms. The summed E-state index contributed by atoms with van der Waals surface area (Å²) in [6, 6.07) is 3.69. The van der Waals surface area contributed by atoms with Crippen LogP contribution in [-0.2, 0) is 0 Å². The van der Waals surface area contributed by atoms with Crippen molar-refractivity contribution in [3.63, 3.8) is 0 Å². The average Bonchev–Trinajstić information content (AvgIpc) is 2.94. The minimum absolute atomic E-state index is 0.667. The van der Waals surface area contributed by atoms with Crippen LogP contribution in [-0.4, -0.2) is 32.1 Å². The lowest BCUT2D eigenvalue weighted by Crippen LogP contribution is -2.14. The molecular formula is C11H13ClN4S. The van der Waals surface area contributed by atoms with Gasteiger partial charge in [-0.2, -0.15) is 16.7 Å². The third-order valence-corrected chi connectivity index (χ3v) is 4.43. The second kappa shape index (κ2) is 4.74. The van der Waals surface area contributed by atoms with Crippen LogP contribution in [0.5, 0.6) is 0 Å². The number of halogens is 1. The highest BCUT2D eigenvalue weighted by atomic mass is 35.5. The molecule has 2 aromatic heterocycles. The first kappa shape index (κ1) is 11.2. The molecule has 17 heavy (non-hydrogen) atoms. The van der Waals surface area contributed by atoms with Gasteiger partial charge in [-0.15, -0.1) is 5.10 Å². The highest BCUT2D eigenvalue weighted by molar-refractivity contribution is 8.00. The number of hydrogen-bond acceptors (Lipinski definition) is 4. The number of pyridine rings is 1. The van der Waals surface area contributed by atoms with Crippen molar-refractivity contribution in [2.75, 3.05) is 17.6 Å². The maximum absolute atomic E-state index is 5.90. The van der Waals surface area contributed by atoms with Crippen molar-refractivity contribution in [2.45, 2.75) is 18.1 Å². The predicted octanol–water partition coefficient (Wildman–Crippen LogP) is 2.69. The van der Waals surface area contributed by atoms with Gasteiger partial charge in [0, 0.05) is 18.0 Å². The van der Waals surface area contributed by atoms with Crippen LogP contribution in [0.4, 0.5) is 5.95 Å². The van der Waals surface area contributed by atoms with Gasteiger partial charge in [0.1, 0.15) is 0 Å². The van der Waals surface area contributed by atoms with E-state index < -0.39 is 0 Å². The molecular weight excluding hydrogens is 256 g/mol. The van der Waals surface area contributed by atoms with Crippen LogP contribution in [0.1, 0.15) is 12.8 Å². The molecule has 3 rings (SSSR count). The van der Waals surface area contributed by atoms with Crippen LogP contribution in [0.15, 0.2) is 18.3 Å². The maximum Gasteiger partial charge on any atom is 0.243 e. The number of anilines is 1. The van der Waals surface area contributed by atoms with E-state index in [4.69, 9.17) is 11.6 Å². The van der Waals surface area contributed by atoms with Gasteiger partial charge in [-0.05, 0) is 30.7 Å². The molecule has 3 heterocycles. The molecule has 2 aromatic rings. The van der Waals surface area contributed by atoms with Crippen molar-refractivity contribution in [2.24, 2.45) is 0 Å². The quantitative estimate of drug-likeness (QED) is 0.929. The molecule has 1 N–H and O–H groups in total. The van der Waals surface area contributed by atoms with Crippen molar-refractivity contribution < 1.29 is 0 Å². The van der Waals surface area contributed by atoms with Crippen LogP contribution < -0.4 is 5.32 Å². The zero-order chi connectivity index (χ0) is 11.7. The molecule has 0 aromatic carbocycles. The standard InChI is InChI=1S/C11H13ClN4S/c12-8-3-4-10-14-11(15-16(10)7-8)13-6-9-2-1-5-17-9/h3-4,7,9H,1-2,5-6H2,(H,13,15). The molecule has 1 fully saturated rings. The summed E-state index contributed by atoms with van der Waals surface area (Å²) in [5.41, 5.74) is 0.816. The van der Waals surface area contributed by atoms with Gasteiger partial charge in [0.25, 0.3) is 0 Å². The van der Waals surface area contributed by atoms with Gasteiger partial charge < -0.3 is 5.32 Å². The fraction of sp³-hybridized carbons (Fsp3) is 0.455. The Labute approximate surface area is 109 Å². The molecule has 1 atom stereocenters. The van der Waals surface area contributed by atoms with E-state index in [0.29, 0.717) is 16.2 Å². The van der Waals surface area contributed by atoms with Crippen molar-refractivity contribution in [1.29, 1.82) is 0 Å². The lowest BCUT2D eigenvalue weighted by molar-refractivity contribution is 0.799. The molecule has 0 aliphatic carbocycles. The van der Waals surface area contributed by atoms with E-state index in [1.54, 1.807) is 10.7 Å². The van der Waals surface area contributed by atoms with E-state index in [1.807, 2.05) is 23.9 Å². The second-order valence-electron chi connectivity index (χ2n) is 4.10. The Bertz CT molecular complexity index is 521. The molecule has 1 saturated heterocycles. The average molecular weight is 269 g/mol. The number of nitrogens with one attached hydrogen (secondary N) is 1. The normalized spacial score (nSPS) is 19.9. The van der Waals surface area contributed by atoms with Gasteiger partial charge in [-0.25, -0.2) is 4.52 Å². The van der Waals surface area contributed by atoms with Crippen LogP contribution in [0.3, 0.4) is 0 Å². The maximum atomic E-state index is 5.90. The third kappa shape index (κ3) is 2.50. The van der Waals surface area contributed by atoms with Gasteiger partial charge in [-0.1, -0.05) is 11.6 Å². The summed E-state index contributed by atoms with van der Waals surface area (Å²) in [6.07, 6.45) is 4.38. The summed E-state index contributed by atoms with van der Waals surface area (Å²) >= 11 is 7.92.